The summed E-state index contributed by atoms with van der Waals surface area (Å²) in [4.78, 5) is 36.6. The molecule has 154 valence electrons. The number of ether oxygens (including phenoxy) is 1. The van der Waals surface area contributed by atoms with Gasteiger partial charge in [-0.25, -0.2) is 9.97 Å². The third kappa shape index (κ3) is 4.48. The second-order valence-corrected chi connectivity index (χ2v) is 6.84. The summed E-state index contributed by atoms with van der Waals surface area (Å²) in [6.45, 7) is 1.42. The molecule has 0 saturated carbocycles. The molecule has 3 N–H and O–H groups in total. The number of carbonyl (C=O) groups is 2. The largest absolute Gasteiger partial charge is 0.486 e. The lowest BCUT2D eigenvalue weighted by atomic mass is 10.1. The van der Waals surface area contributed by atoms with E-state index in [1.54, 1.807) is 60.9 Å². The number of nitrogens with two attached hydrogens (primary N) is 1. The molecule has 0 fully saturated rings. The van der Waals surface area contributed by atoms with Crippen molar-refractivity contribution in [2.24, 2.45) is 5.73 Å². The van der Waals surface area contributed by atoms with E-state index in [0.717, 1.165) is 5.56 Å². The number of hydrogen-bond donors (Lipinski definition) is 2. The van der Waals surface area contributed by atoms with E-state index in [1.807, 2.05) is 6.07 Å². The lowest BCUT2D eigenvalue weighted by Gasteiger charge is -2.14. The summed E-state index contributed by atoms with van der Waals surface area (Å²) in [7, 11) is 0. The van der Waals surface area contributed by atoms with Crippen molar-refractivity contribution in [3.63, 3.8) is 0 Å². The van der Waals surface area contributed by atoms with Crippen molar-refractivity contribution in [1.29, 1.82) is 0 Å². The number of nitrogens with zero attached hydrogens (tertiary/aromatic N) is 3. The van der Waals surface area contributed by atoms with Crippen LogP contribution in [0.4, 0.5) is 11.5 Å². The maximum Gasteiger partial charge on any atom is 0.250 e. The van der Waals surface area contributed by atoms with E-state index in [1.165, 1.54) is 6.92 Å². The van der Waals surface area contributed by atoms with Gasteiger partial charge in [-0.1, -0.05) is 12.1 Å². The number of Topliss-reactive ketones (excluding diaryl/α,β-unsaturated/α-hetero) is 1. The molecule has 0 spiro atoms. The van der Waals surface area contributed by atoms with Gasteiger partial charge in [0.1, 0.15) is 18.2 Å². The summed E-state index contributed by atoms with van der Waals surface area (Å²) in [5.74, 6) is 0.797. The van der Waals surface area contributed by atoms with Gasteiger partial charge in [0, 0.05) is 23.3 Å². The molecule has 0 radical (unpaired) electrons. The molecule has 2 aromatic carbocycles. The number of para-hydroxylation sites is 1. The quantitative estimate of drug-likeness (QED) is 0.476. The molecule has 2 heterocycles. The van der Waals surface area contributed by atoms with Crippen LogP contribution in [0.1, 0.15) is 17.3 Å². The molecular formula is C23H19N5O3. The van der Waals surface area contributed by atoms with Crippen LogP contribution in [0.2, 0.25) is 0 Å². The third-order valence-electron chi connectivity index (χ3n) is 4.47. The molecular weight excluding hydrogens is 394 g/mol. The van der Waals surface area contributed by atoms with Gasteiger partial charge in [-0.3, -0.25) is 14.6 Å². The number of pyridine rings is 1. The fraction of sp³-hybridized carbons (Fsp3) is 0.0870. The zero-order chi connectivity index (χ0) is 21.8. The minimum Gasteiger partial charge on any atom is -0.486 e. The minimum absolute atomic E-state index is 0.0343. The first-order valence-electron chi connectivity index (χ1n) is 9.51. The smallest absolute Gasteiger partial charge is 0.250 e. The predicted molar refractivity (Wildman–Crippen MR) is 117 cm³/mol. The van der Waals surface area contributed by atoms with Gasteiger partial charge >= 0.3 is 0 Å². The summed E-state index contributed by atoms with van der Waals surface area (Å²) < 4.78 is 5.54. The number of amides is 1. The van der Waals surface area contributed by atoms with Crippen molar-refractivity contribution < 1.29 is 14.3 Å². The van der Waals surface area contributed by atoms with E-state index in [4.69, 9.17) is 10.5 Å². The van der Waals surface area contributed by atoms with Gasteiger partial charge in [-0.2, -0.15) is 0 Å². The zero-order valence-electron chi connectivity index (χ0n) is 16.7. The van der Waals surface area contributed by atoms with E-state index >= 15 is 0 Å². The first-order valence-corrected chi connectivity index (χ1v) is 9.51. The van der Waals surface area contributed by atoms with Gasteiger partial charge in [0.25, 0.3) is 5.91 Å². The standard InChI is InChI=1S/C23H19N5O3/c1-14(29)13-31-16-8-9-20-18(11-16)23(27-19-7-3-2-6-17(19)21(24)30)28-22(26-20)15-5-4-10-25-12-15/h2-12H,13H2,1H3,(H2,24,30)(H,26,27,28). The molecule has 8 heteroatoms. The molecule has 0 aliphatic rings. The Labute approximate surface area is 178 Å². The normalized spacial score (nSPS) is 10.6. The van der Waals surface area contributed by atoms with E-state index in [9.17, 15) is 9.59 Å². The summed E-state index contributed by atoms with van der Waals surface area (Å²) in [6, 6.07) is 15.9. The van der Waals surface area contributed by atoms with Crippen molar-refractivity contribution >= 4 is 34.1 Å². The molecule has 31 heavy (non-hydrogen) atoms. The molecule has 0 unspecified atom stereocenters. The van der Waals surface area contributed by atoms with Gasteiger partial charge in [0.2, 0.25) is 0 Å². The van der Waals surface area contributed by atoms with E-state index < -0.39 is 5.91 Å². The van der Waals surface area contributed by atoms with E-state index in [0.29, 0.717) is 39.5 Å². The average Bonchev–Trinajstić information content (AvgIpc) is 2.78. The van der Waals surface area contributed by atoms with E-state index in [-0.39, 0.29) is 12.4 Å². The number of nitrogens with one attached hydrogen (secondary N) is 1. The summed E-state index contributed by atoms with van der Waals surface area (Å²) in [6.07, 6.45) is 3.35. The fourth-order valence-corrected chi connectivity index (χ4v) is 3.04. The molecule has 0 atom stereocenters. The highest BCUT2D eigenvalue weighted by Crippen LogP contribution is 2.31. The second-order valence-electron chi connectivity index (χ2n) is 6.84. The monoisotopic (exact) mass is 413 g/mol. The molecule has 8 nitrogen and oxygen atoms in total. The molecule has 0 aliphatic heterocycles. The highest BCUT2D eigenvalue weighted by molar-refractivity contribution is 6.01. The number of primary amides is 1. The van der Waals surface area contributed by atoms with Crippen LogP contribution < -0.4 is 15.8 Å². The Morgan fingerprint density at radius 3 is 2.65 bits per heavy atom. The van der Waals surface area contributed by atoms with Crippen molar-refractivity contribution in [3.8, 4) is 17.1 Å². The van der Waals surface area contributed by atoms with Gasteiger partial charge in [-0.05, 0) is 49.4 Å². The van der Waals surface area contributed by atoms with Crippen molar-refractivity contribution in [3.05, 3.63) is 72.6 Å². The Hall–Kier alpha value is -4.33. The molecule has 0 bridgehead atoms. The lowest BCUT2D eigenvalue weighted by molar-refractivity contribution is -0.118. The Kier molecular flexibility index (Phi) is 5.53. The van der Waals surface area contributed by atoms with Gasteiger partial charge < -0.3 is 15.8 Å². The van der Waals surface area contributed by atoms with Crippen LogP contribution in [0.3, 0.4) is 0 Å². The summed E-state index contributed by atoms with van der Waals surface area (Å²) in [5, 5.41) is 3.86. The number of rotatable bonds is 7. The Morgan fingerprint density at radius 1 is 1.06 bits per heavy atom. The Morgan fingerprint density at radius 2 is 1.90 bits per heavy atom. The first-order chi connectivity index (χ1) is 15.0. The van der Waals surface area contributed by atoms with Crippen LogP contribution >= 0.6 is 0 Å². The first kappa shape index (κ1) is 20.0. The number of anilines is 2. The maximum atomic E-state index is 11.9. The Balaban J connectivity index is 1.85. The number of hydrogen-bond acceptors (Lipinski definition) is 7. The zero-order valence-corrected chi connectivity index (χ0v) is 16.7. The van der Waals surface area contributed by atoms with Crippen molar-refractivity contribution in [2.75, 3.05) is 11.9 Å². The van der Waals surface area contributed by atoms with Gasteiger partial charge in [0.15, 0.2) is 11.6 Å². The number of ketones is 1. The van der Waals surface area contributed by atoms with Crippen LogP contribution in [0.5, 0.6) is 5.75 Å². The third-order valence-corrected chi connectivity index (χ3v) is 4.47. The SMILES string of the molecule is CC(=O)COc1ccc2nc(-c3cccnc3)nc(Nc3ccccc3C(N)=O)c2c1. The van der Waals surface area contributed by atoms with Crippen molar-refractivity contribution in [2.45, 2.75) is 6.92 Å². The average molecular weight is 413 g/mol. The minimum atomic E-state index is -0.556. The van der Waals surface area contributed by atoms with E-state index in [2.05, 4.69) is 20.3 Å². The number of aromatic nitrogens is 3. The predicted octanol–water partition coefficient (Wildman–Crippen LogP) is 3.50. The van der Waals surface area contributed by atoms with Crippen molar-refractivity contribution in [1.82, 2.24) is 15.0 Å². The molecule has 1 amide bonds. The number of benzene rings is 2. The molecule has 2 aromatic heterocycles. The molecule has 0 saturated heterocycles. The van der Waals surface area contributed by atoms with Crippen LogP contribution in [0, 0.1) is 0 Å². The second kappa shape index (κ2) is 8.58. The van der Waals surface area contributed by atoms with Crippen LogP contribution in [-0.2, 0) is 4.79 Å². The number of carbonyl (C=O) groups excluding carboxylic acids is 2. The summed E-state index contributed by atoms with van der Waals surface area (Å²) in [5.41, 5.74) is 7.77. The highest BCUT2D eigenvalue weighted by atomic mass is 16.5. The van der Waals surface area contributed by atoms with Crippen LogP contribution in [0.25, 0.3) is 22.3 Å². The number of fused-ring (bicyclic) bond motifs is 1. The molecule has 4 aromatic rings. The topological polar surface area (TPSA) is 120 Å². The molecule has 0 aliphatic carbocycles. The summed E-state index contributed by atoms with van der Waals surface area (Å²) >= 11 is 0. The van der Waals surface area contributed by atoms with Crippen LogP contribution in [-0.4, -0.2) is 33.2 Å². The fourth-order valence-electron chi connectivity index (χ4n) is 3.04. The highest BCUT2D eigenvalue weighted by Gasteiger charge is 2.14. The van der Waals surface area contributed by atoms with Crippen LogP contribution in [0.15, 0.2) is 67.0 Å². The lowest BCUT2D eigenvalue weighted by Crippen LogP contribution is -2.13. The Bertz CT molecular complexity index is 1270. The van der Waals surface area contributed by atoms with Gasteiger partial charge in [0.05, 0.1) is 16.8 Å². The van der Waals surface area contributed by atoms with Gasteiger partial charge in [-0.15, -0.1) is 0 Å². The molecule has 4 rings (SSSR count). The maximum absolute atomic E-state index is 11.9.